The van der Waals surface area contributed by atoms with Crippen molar-refractivity contribution in [1.82, 2.24) is 0 Å². The molecule has 1 heterocycles. The average Bonchev–Trinajstić information content (AvgIpc) is 2.78. The van der Waals surface area contributed by atoms with Crippen LogP contribution in [0, 0.1) is 12.7 Å². The summed E-state index contributed by atoms with van der Waals surface area (Å²) in [5, 5.41) is 8.79. The zero-order valence-corrected chi connectivity index (χ0v) is 11.9. The Labute approximate surface area is 118 Å². The Kier molecular flexibility index (Phi) is 3.78. The minimum atomic E-state index is -3.79. The lowest BCUT2D eigenvalue weighted by atomic mass is 10.2. The molecule has 0 amide bonds. The number of benzene rings is 1. The minimum Gasteiger partial charge on any atom is -0.478 e. The van der Waals surface area contributed by atoms with Crippen molar-refractivity contribution in [1.29, 1.82) is 0 Å². The number of thiophene rings is 1. The number of carbonyl (C=O) groups is 1. The van der Waals surface area contributed by atoms with Gasteiger partial charge in [-0.25, -0.2) is 17.6 Å². The first kappa shape index (κ1) is 14.5. The number of aryl methyl sites for hydroxylation is 1. The highest BCUT2D eigenvalue weighted by atomic mass is 32.2. The second-order valence-corrected chi connectivity index (χ2v) is 7.17. The monoisotopic (exact) mass is 315 g/mol. The highest BCUT2D eigenvalue weighted by Crippen LogP contribution is 2.24. The predicted octanol–water partition coefficient (Wildman–Crippen LogP) is 2.69. The second-order valence-electron chi connectivity index (χ2n) is 3.97. The lowest BCUT2D eigenvalue weighted by molar-refractivity contribution is 0.0692. The molecule has 0 aliphatic rings. The predicted molar refractivity (Wildman–Crippen MR) is 73.2 cm³/mol. The van der Waals surface area contributed by atoms with E-state index in [-0.39, 0.29) is 9.90 Å². The van der Waals surface area contributed by atoms with E-state index in [0.717, 1.165) is 28.3 Å². The third-order valence-electron chi connectivity index (χ3n) is 2.43. The summed E-state index contributed by atoms with van der Waals surface area (Å²) in [4.78, 5) is 11.6. The molecule has 0 bridgehead atoms. The molecule has 0 aliphatic heterocycles. The molecule has 1 aromatic carbocycles. The van der Waals surface area contributed by atoms with Gasteiger partial charge in [0, 0.05) is 10.6 Å². The summed E-state index contributed by atoms with van der Waals surface area (Å²) in [5.74, 6) is -2.39. The van der Waals surface area contributed by atoms with Gasteiger partial charge >= 0.3 is 5.97 Å². The molecule has 8 heteroatoms. The SMILES string of the molecule is Cc1ccc(S(=O)(=O)Nc2ccc(F)c(C(=O)O)c2)s1. The Balaban J connectivity index is 2.35. The summed E-state index contributed by atoms with van der Waals surface area (Å²) in [6.07, 6.45) is 0. The molecular weight excluding hydrogens is 305 g/mol. The molecule has 0 saturated carbocycles. The molecule has 2 rings (SSSR count). The minimum absolute atomic E-state index is 0.00477. The van der Waals surface area contributed by atoms with Gasteiger partial charge in [0.05, 0.1) is 5.56 Å². The van der Waals surface area contributed by atoms with Crippen LogP contribution in [0.25, 0.3) is 0 Å². The van der Waals surface area contributed by atoms with Gasteiger partial charge in [-0.15, -0.1) is 11.3 Å². The van der Waals surface area contributed by atoms with Gasteiger partial charge < -0.3 is 5.11 Å². The molecule has 0 radical (unpaired) electrons. The molecule has 1 aromatic heterocycles. The molecule has 0 saturated heterocycles. The van der Waals surface area contributed by atoms with Crippen LogP contribution < -0.4 is 4.72 Å². The van der Waals surface area contributed by atoms with Crippen molar-refractivity contribution in [2.75, 3.05) is 4.72 Å². The van der Waals surface area contributed by atoms with Crippen molar-refractivity contribution < 1.29 is 22.7 Å². The number of aromatic carboxylic acids is 1. The number of anilines is 1. The van der Waals surface area contributed by atoms with Gasteiger partial charge in [-0.2, -0.15) is 0 Å². The number of sulfonamides is 1. The molecule has 2 N–H and O–H groups in total. The first-order valence-corrected chi connectivity index (χ1v) is 7.71. The highest BCUT2D eigenvalue weighted by molar-refractivity contribution is 7.94. The Morgan fingerprint density at radius 3 is 2.55 bits per heavy atom. The number of hydrogen-bond acceptors (Lipinski definition) is 4. The van der Waals surface area contributed by atoms with E-state index in [0.29, 0.717) is 0 Å². The summed E-state index contributed by atoms with van der Waals surface area (Å²) in [6, 6.07) is 6.12. The Hall–Kier alpha value is -1.93. The van der Waals surface area contributed by atoms with Gasteiger partial charge in [0.25, 0.3) is 10.0 Å². The van der Waals surface area contributed by atoms with E-state index in [1.807, 2.05) is 0 Å². The molecule has 0 unspecified atom stereocenters. The van der Waals surface area contributed by atoms with Crippen LogP contribution in [-0.4, -0.2) is 19.5 Å². The first-order valence-electron chi connectivity index (χ1n) is 5.42. The van der Waals surface area contributed by atoms with Gasteiger partial charge in [-0.3, -0.25) is 4.72 Å². The number of rotatable bonds is 4. The topological polar surface area (TPSA) is 83.5 Å². The van der Waals surface area contributed by atoms with Gasteiger partial charge in [0.2, 0.25) is 0 Å². The van der Waals surface area contributed by atoms with E-state index in [4.69, 9.17) is 5.11 Å². The lowest BCUT2D eigenvalue weighted by Crippen LogP contribution is -2.12. The first-order chi connectivity index (χ1) is 9.29. The van der Waals surface area contributed by atoms with E-state index >= 15 is 0 Å². The molecule has 20 heavy (non-hydrogen) atoms. The summed E-state index contributed by atoms with van der Waals surface area (Å²) >= 11 is 1.09. The fourth-order valence-electron chi connectivity index (χ4n) is 1.51. The van der Waals surface area contributed by atoms with E-state index in [2.05, 4.69) is 4.72 Å². The van der Waals surface area contributed by atoms with Crippen LogP contribution in [-0.2, 0) is 10.0 Å². The van der Waals surface area contributed by atoms with Crippen molar-refractivity contribution in [2.24, 2.45) is 0 Å². The number of hydrogen-bond donors (Lipinski definition) is 2. The van der Waals surface area contributed by atoms with Crippen LogP contribution in [0.5, 0.6) is 0 Å². The summed E-state index contributed by atoms with van der Waals surface area (Å²) in [5.41, 5.74) is -0.595. The second kappa shape index (κ2) is 5.22. The van der Waals surface area contributed by atoms with Crippen molar-refractivity contribution in [3.63, 3.8) is 0 Å². The lowest BCUT2D eigenvalue weighted by Gasteiger charge is -2.07. The van der Waals surface area contributed by atoms with Crippen molar-refractivity contribution in [2.45, 2.75) is 11.1 Å². The molecule has 0 fully saturated rings. The number of carboxylic acid groups (broad SMARTS) is 1. The summed E-state index contributed by atoms with van der Waals surface area (Å²) in [7, 11) is -3.79. The number of carboxylic acids is 1. The van der Waals surface area contributed by atoms with Gasteiger partial charge in [0.15, 0.2) is 0 Å². The summed E-state index contributed by atoms with van der Waals surface area (Å²) < 4.78 is 39.6. The third kappa shape index (κ3) is 2.97. The largest absolute Gasteiger partial charge is 0.478 e. The highest BCUT2D eigenvalue weighted by Gasteiger charge is 2.18. The Morgan fingerprint density at radius 1 is 1.30 bits per heavy atom. The van der Waals surface area contributed by atoms with Crippen LogP contribution in [0.1, 0.15) is 15.2 Å². The smallest absolute Gasteiger partial charge is 0.338 e. The van der Waals surface area contributed by atoms with Gasteiger partial charge in [-0.1, -0.05) is 0 Å². The molecule has 0 spiro atoms. The molecule has 0 aliphatic carbocycles. The van der Waals surface area contributed by atoms with Crippen LogP contribution in [0.2, 0.25) is 0 Å². The fourth-order valence-corrected chi connectivity index (χ4v) is 3.85. The summed E-state index contributed by atoms with van der Waals surface area (Å²) in [6.45, 7) is 1.77. The number of nitrogens with one attached hydrogen (secondary N) is 1. The zero-order valence-electron chi connectivity index (χ0n) is 10.3. The van der Waals surface area contributed by atoms with Crippen LogP contribution in [0.15, 0.2) is 34.5 Å². The maximum absolute atomic E-state index is 13.2. The maximum atomic E-state index is 13.2. The van der Waals surface area contributed by atoms with E-state index in [9.17, 15) is 17.6 Å². The van der Waals surface area contributed by atoms with Crippen molar-refractivity contribution in [3.8, 4) is 0 Å². The molecule has 5 nitrogen and oxygen atoms in total. The van der Waals surface area contributed by atoms with Crippen LogP contribution >= 0.6 is 11.3 Å². The van der Waals surface area contributed by atoms with Crippen molar-refractivity contribution in [3.05, 3.63) is 46.6 Å². The van der Waals surface area contributed by atoms with Crippen molar-refractivity contribution >= 4 is 33.0 Å². The Bertz CT molecular complexity index is 768. The van der Waals surface area contributed by atoms with E-state index in [1.54, 1.807) is 13.0 Å². The third-order valence-corrected chi connectivity index (χ3v) is 5.30. The molecule has 2 aromatic rings. The van der Waals surface area contributed by atoms with Crippen LogP contribution in [0.3, 0.4) is 0 Å². The zero-order chi connectivity index (χ0) is 14.9. The van der Waals surface area contributed by atoms with Crippen LogP contribution in [0.4, 0.5) is 10.1 Å². The normalized spacial score (nSPS) is 11.3. The fraction of sp³-hybridized carbons (Fsp3) is 0.0833. The van der Waals surface area contributed by atoms with Gasteiger partial charge in [-0.05, 0) is 37.3 Å². The molecular formula is C12H10FNO4S2. The molecule has 0 atom stereocenters. The maximum Gasteiger partial charge on any atom is 0.338 e. The number of halogens is 1. The standard InChI is InChI=1S/C12H10FNO4S2/c1-7-2-5-11(19-7)20(17,18)14-8-3-4-10(13)9(6-8)12(15)16/h2-6,14H,1H3,(H,15,16). The Morgan fingerprint density at radius 2 is 2.00 bits per heavy atom. The van der Waals surface area contributed by atoms with E-state index in [1.165, 1.54) is 12.1 Å². The van der Waals surface area contributed by atoms with Gasteiger partial charge in [0.1, 0.15) is 10.0 Å². The van der Waals surface area contributed by atoms with E-state index < -0.39 is 27.4 Å². The average molecular weight is 315 g/mol. The molecule has 106 valence electrons. The quantitative estimate of drug-likeness (QED) is 0.908.